The number of amides is 2. The molecular weight excluding hydrogens is 217 g/mol. The number of halogens is 2. The fraction of sp³-hybridized carbons (Fsp3) is 0.429. The van der Waals surface area contributed by atoms with Crippen molar-refractivity contribution in [3.05, 3.63) is 10.1 Å². The highest BCUT2D eigenvalue weighted by Crippen LogP contribution is 2.25. The maximum atomic E-state index is 11.2. The molecule has 6 heteroatoms. The molecule has 1 aliphatic heterocycles. The largest absolute Gasteiger partial charge is 0.383 e. The van der Waals surface area contributed by atoms with Crippen LogP contribution in [0.15, 0.2) is 10.1 Å². The van der Waals surface area contributed by atoms with Crippen molar-refractivity contribution >= 4 is 35.0 Å². The lowest BCUT2D eigenvalue weighted by Gasteiger charge is -2.12. The summed E-state index contributed by atoms with van der Waals surface area (Å²) in [6.45, 7) is 0.437. The Labute approximate surface area is 85.0 Å². The Balaban J connectivity index is 2.73. The van der Waals surface area contributed by atoms with Gasteiger partial charge in [0.2, 0.25) is 0 Å². The molecule has 0 saturated carbocycles. The van der Waals surface area contributed by atoms with Crippen LogP contribution in [0.5, 0.6) is 0 Å². The summed E-state index contributed by atoms with van der Waals surface area (Å²) in [7, 11) is 1.47. The second kappa shape index (κ2) is 4.09. The number of carbonyl (C=O) groups excluding carboxylic acids is 2. The smallest absolute Gasteiger partial charge is 0.274 e. The molecule has 1 aliphatic rings. The number of imide groups is 1. The number of hydrogen-bond acceptors (Lipinski definition) is 3. The Kier molecular flexibility index (Phi) is 3.30. The Morgan fingerprint density at radius 2 is 1.69 bits per heavy atom. The maximum absolute atomic E-state index is 11.2. The van der Waals surface area contributed by atoms with Gasteiger partial charge in [0.1, 0.15) is 10.1 Å². The standard InChI is InChI=1S/C7H7Cl2NO3/c1-13-3-2-10-6(11)4(8)5(9)7(10)12/h2-3H2,1H3. The third kappa shape index (κ3) is 1.85. The van der Waals surface area contributed by atoms with E-state index in [2.05, 4.69) is 0 Å². The molecule has 13 heavy (non-hydrogen) atoms. The Bertz CT molecular complexity index is 263. The van der Waals surface area contributed by atoms with Crippen molar-refractivity contribution in [1.82, 2.24) is 4.90 Å². The van der Waals surface area contributed by atoms with Crippen molar-refractivity contribution in [3.8, 4) is 0 Å². The molecule has 4 nitrogen and oxygen atoms in total. The molecule has 0 radical (unpaired) electrons. The third-order valence-electron chi connectivity index (χ3n) is 1.58. The summed E-state index contributed by atoms with van der Waals surface area (Å²) in [5, 5.41) is -0.439. The van der Waals surface area contributed by atoms with Gasteiger partial charge in [-0.3, -0.25) is 14.5 Å². The molecule has 0 aromatic rings. The minimum atomic E-state index is -0.561. The average Bonchev–Trinajstić information content (AvgIpc) is 2.30. The van der Waals surface area contributed by atoms with Gasteiger partial charge in [0.25, 0.3) is 11.8 Å². The summed E-state index contributed by atoms with van der Waals surface area (Å²) in [6.07, 6.45) is 0. The molecule has 2 amide bonds. The van der Waals surface area contributed by atoms with Crippen LogP contribution in [0.25, 0.3) is 0 Å². The van der Waals surface area contributed by atoms with Crippen LogP contribution in [0, 0.1) is 0 Å². The van der Waals surface area contributed by atoms with Crippen LogP contribution in [0.3, 0.4) is 0 Å². The van der Waals surface area contributed by atoms with Crippen molar-refractivity contribution in [2.24, 2.45) is 0 Å². The van der Waals surface area contributed by atoms with Crippen molar-refractivity contribution < 1.29 is 14.3 Å². The lowest BCUT2D eigenvalue weighted by molar-refractivity contribution is -0.137. The maximum Gasteiger partial charge on any atom is 0.274 e. The van der Waals surface area contributed by atoms with Gasteiger partial charge in [0.15, 0.2) is 0 Å². The highest BCUT2D eigenvalue weighted by Gasteiger charge is 2.36. The average molecular weight is 224 g/mol. The molecule has 0 aromatic carbocycles. The lowest BCUT2D eigenvalue weighted by Crippen LogP contribution is -2.34. The molecule has 0 saturated heterocycles. The van der Waals surface area contributed by atoms with E-state index in [1.807, 2.05) is 0 Å². The summed E-state index contributed by atoms with van der Waals surface area (Å²) in [4.78, 5) is 23.4. The molecule has 0 atom stereocenters. The highest BCUT2D eigenvalue weighted by molar-refractivity contribution is 6.58. The molecule has 0 N–H and O–H groups in total. The number of hydrogen-bond donors (Lipinski definition) is 0. The first-order valence-corrected chi connectivity index (χ1v) is 4.25. The molecule has 0 aromatic heterocycles. The molecule has 0 aliphatic carbocycles. The van der Waals surface area contributed by atoms with Crippen molar-refractivity contribution in [1.29, 1.82) is 0 Å². The van der Waals surface area contributed by atoms with E-state index >= 15 is 0 Å². The second-order valence-corrected chi connectivity index (χ2v) is 3.14. The SMILES string of the molecule is COCCN1C(=O)C(Cl)=C(Cl)C1=O. The van der Waals surface area contributed by atoms with Crippen molar-refractivity contribution in [3.63, 3.8) is 0 Å². The number of carbonyl (C=O) groups is 2. The van der Waals surface area contributed by atoms with E-state index in [1.54, 1.807) is 0 Å². The normalized spacial score (nSPS) is 17.6. The van der Waals surface area contributed by atoms with Crippen LogP contribution >= 0.6 is 23.2 Å². The van der Waals surface area contributed by atoms with Gasteiger partial charge in [-0.25, -0.2) is 0 Å². The summed E-state index contributed by atoms with van der Waals surface area (Å²) in [6, 6.07) is 0. The van der Waals surface area contributed by atoms with Gasteiger partial charge < -0.3 is 4.74 Å². The summed E-state index contributed by atoms with van der Waals surface area (Å²) >= 11 is 11.0. The monoisotopic (exact) mass is 223 g/mol. The second-order valence-electron chi connectivity index (χ2n) is 2.38. The highest BCUT2D eigenvalue weighted by atomic mass is 35.5. The van der Waals surface area contributed by atoms with Gasteiger partial charge >= 0.3 is 0 Å². The number of ether oxygens (including phenoxy) is 1. The third-order valence-corrected chi connectivity index (χ3v) is 2.38. The zero-order valence-corrected chi connectivity index (χ0v) is 8.35. The molecule has 1 rings (SSSR count). The zero-order chi connectivity index (χ0) is 10.0. The van der Waals surface area contributed by atoms with Gasteiger partial charge in [-0.05, 0) is 0 Å². The van der Waals surface area contributed by atoms with Crippen LogP contribution in [0.4, 0.5) is 0 Å². The number of nitrogens with zero attached hydrogens (tertiary/aromatic N) is 1. The van der Waals surface area contributed by atoms with E-state index in [4.69, 9.17) is 27.9 Å². The first kappa shape index (κ1) is 10.5. The van der Waals surface area contributed by atoms with Gasteiger partial charge in [-0.15, -0.1) is 0 Å². The van der Waals surface area contributed by atoms with Gasteiger partial charge in [-0.2, -0.15) is 0 Å². The molecule has 0 unspecified atom stereocenters. The summed E-state index contributed by atoms with van der Waals surface area (Å²) in [5.41, 5.74) is 0. The van der Waals surface area contributed by atoms with E-state index in [0.29, 0.717) is 0 Å². The molecular formula is C7H7Cl2NO3. The predicted molar refractivity (Wildman–Crippen MR) is 47.3 cm³/mol. The summed E-state index contributed by atoms with van der Waals surface area (Å²) < 4.78 is 4.72. The Hall–Kier alpha value is -0.580. The zero-order valence-electron chi connectivity index (χ0n) is 6.84. The van der Waals surface area contributed by atoms with Crippen LogP contribution in [-0.2, 0) is 14.3 Å². The Morgan fingerprint density at radius 1 is 1.23 bits per heavy atom. The van der Waals surface area contributed by atoms with E-state index in [9.17, 15) is 9.59 Å². The molecule has 1 heterocycles. The lowest BCUT2D eigenvalue weighted by atomic mass is 10.5. The fourth-order valence-electron chi connectivity index (χ4n) is 0.903. The first-order valence-electron chi connectivity index (χ1n) is 3.50. The number of methoxy groups -OCH3 is 1. The fourth-order valence-corrected chi connectivity index (χ4v) is 1.27. The molecule has 0 fully saturated rings. The topological polar surface area (TPSA) is 46.6 Å². The number of rotatable bonds is 3. The van der Waals surface area contributed by atoms with E-state index < -0.39 is 11.8 Å². The quantitative estimate of drug-likeness (QED) is 0.662. The first-order chi connectivity index (χ1) is 6.09. The minimum absolute atomic E-state index is 0.167. The van der Waals surface area contributed by atoms with Crippen LogP contribution in [0.2, 0.25) is 0 Å². The molecule has 72 valence electrons. The van der Waals surface area contributed by atoms with E-state index in [-0.39, 0.29) is 23.2 Å². The van der Waals surface area contributed by atoms with Gasteiger partial charge in [-0.1, -0.05) is 23.2 Å². The van der Waals surface area contributed by atoms with Crippen molar-refractivity contribution in [2.45, 2.75) is 0 Å². The van der Waals surface area contributed by atoms with Gasteiger partial charge in [0.05, 0.1) is 13.2 Å². The van der Waals surface area contributed by atoms with E-state index in [1.165, 1.54) is 7.11 Å². The summed E-state index contributed by atoms with van der Waals surface area (Å²) in [5.74, 6) is -1.12. The predicted octanol–water partition coefficient (Wildman–Crippen LogP) is 0.691. The van der Waals surface area contributed by atoms with E-state index in [0.717, 1.165) is 4.90 Å². The van der Waals surface area contributed by atoms with Crippen molar-refractivity contribution in [2.75, 3.05) is 20.3 Å². The van der Waals surface area contributed by atoms with Crippen LogP contribution in [-0.4, -0.2) is 37.0 Å². The Morgan fingerprint density at radius 3 is 2.08 bits per heavy atom. The van der Waals surface area contributed by atoms with Gasteiger partial charge in [0, 0.05) is 7.11 Å². The minimum Gasteiger partial charge on any atom is -0.383 e. The van der Waals surface area contributed by atoms with Crippen LogP contribution in [0.1, 0.15) is 0 Å². The molecule has 0 bridgehead atoms. The van der Waals surface area contributed by atoms with Crippen LogP contribution < -0.4 is 0 Å². The molecule has 0 spiro atoms.